The molecular weight excluding hydrogens is 160 g/mol. The van der Waals surface area contributed by atoms with Crippen LogP contribution < -0.4 is 0 Å². The first-order chi connectivity index (χ1) is 5.12. The van der Waals surface area contributed by atoms with Crippen LogP contribution in [0.15, 0.2) is 0 Å². The minimum absolute atomic E-state index is 0.418. The SMILES string of the molecule is CC(C)(C)OC(C)(C)OC(=O)O. The highest BCUT2D eigenvalue weighted by Crippen LogP contribution is 2.20. The van der Waals surface area contributed by atoms with Gasteiger partial charge in [-0.15, -0.1) is 0 Å². The Bertz CT molecular complexity index is 166. The van der Waals surface area contributed by atoms with Gasteiger partial charge in [0.2, 0.25) is 5.79 Å². The molecule has 0 heterocycles. The van der Waals surface area contributed by atoms with E-state index in [0.717, 1.165) is 0 Å². The van der Waals surface area contributed by atoms with Crippen LogP contribution in [0.2, 0.25) is 0 Å². The molecule has 0 radical (unpaired) electrons. The third-order valence-electron chi connectivity index (χ3n) is 0.885. The van der Waals surface area contributed by atoms with Crippen LogP contribution in [0.5, 0.6) is 0 Å². The Balaban J connectivity index is 4.13. The van der Waals surface area contributed by atoms with E-state index in [0.29, 0.717) is 0 Å². The number of carboxylic acid groups (broad SMARTS) is 1. The van der Waals surface area contributed by atoms with Gasteiger partial charge < -0.3 is 14.6 Å². The van der Waals surface area contributed by atoms with Crippen molar-refractivity contribution >= 4 is 6.16 Å². The molecule has 0 bridgehead atoms. The fourth-order valence-electron chi connectivity index (χ4n) is 0.968. The van der Waals surface area contributed by atoms with Crippen LogP contribution in [-0.2, 0) is 9.47 Å². The Kier molecular flexibility index (Phi) is 3.10. The maximum absolute atomic E-state index is 10.2. The van der Waals surface area contributed by atoms with Crippen molar-refractivity contribution in [3.63, 3.8) is 0 Å². The molecule has 72 valence electrons. The monoisotopic (exact) mass is 176 g/mol. The fourth-order valence-corrected chi connectivity index (χ4v) is 0.968. The molecule has 0 rings (SSSR count). The number of hydrogen-bond donors (Lipinski definition) is 1. The predicted octanol–water partition coefficient (Wildman–Crippen LogP) is 2.23. The Morgan fingerprint density at radius 2 is 1.58 bits per heavy atom. The van der Waals surface area contributed by atoms with Gasteiger partial charge in [-0.25, -0.2) is 4.79 Å². The average molecular weight is 176 g/mol. The van der Waals surface area contributed by atoms with Crippen molar-refractivity contribution < 1.29 is 19.4 Å². The molecule has 0 aromatic heterocycles. The van der Waals surface area contributed by atoms with E-state index in [1.165, 1.54) is 0 Å². The van der Waals surface area contributed by atoms with E-state index in [4.69, 9.17) is 9.84 Å². The summed E-state index contributed by atoms with van der Waals surface area (Å²) in [5.74, 6) is -1.09. The molecule has 4 nitrogen and oxygen atoms in total. The summed E-state index contributed by atoms with van der Waals surface area (Å²) in [5, 5.41) is 8.34. The highest BCUT2D eigenvalue weighted by molar-refractivity contribution is 5.57. The first-order valence-corrected chi connectivity index (χ1v) is 3.74. The highest BCUT2D eigenvalue weighted by atomic mass is 16.8. The van der Waals surface area contributed by atoms with E-state index in [-0.39, 0.29) is 0 Å². The Morgan fingerprint density at radius 1 is 1.17 bits per heavy atom. The second-order valence-corrected chi connectivity index (χ2v) is 3.98. The maximum Gasteiger partial charge on any atom is 0.508 e. The van der Waals surface area contributed by atoms with Crippen molar-refractivity contribution in [1.29, 1.82) is 0 Å². The van der Waals surface area contributed by atoms with Gasteiger partial charge in [-0.3, -0.25) is 0 Å². The van der Waals surface area contributed by atoms with Crippen molar-refractivity contribution in [2.75, 3.05) is 0 Å². The number of ether oxygens (including phenoxy) is 2. The molecule has 0 spiro atoms. The maximum atomic E-state index is 10.2. The van der Waals surface area contributed by atoms with Crippen LogP contribution in [0.4, 0.5) is 4.79 Å². The topological polar surface area (TPSA) is 55.8 Å². The van der Waals surface area contributed by atoms with Crippen LogP contribution in [0, 0.1) is 0 Å². The van der Waals surface area contributed by atoms with Gasteiger partial charge in [0, 0.05) is 13.8 Å². The van der Waals surface area contributed by atoms with Gasteiger partial charge in [0.25, 0.3) is 0 Å². The van der Waals surface area contributed by atoms with E-state index in [9.17, 15) is 4.79 Å². The van der Waals surface area contributed by atoms with Crippen LogP contribution in [0.1, 0.15) is 34.6 Å². The zero-order valence-corrected chi connectivity index (χ0v) is 8.17. The smallest absolute Gasteiger partial charge is 0.450 e. The Labute approximate surface area is 72.5 Å². The van der Waals surface area contributed by atoms with Crippen molar-refractivity contribution in [3.05, 3.63) is 0 Å². The summed E-state index contributed by atoms with van der Waals surface area (Å²) < 4.78 is 9.84. The molecule has 0 aliphatic rings. The highest BCUT2D eigenvalue weighted by Gasteiger charge is 2.29. The van der Waals surface area contributed by atoms with E-state index in [2.05, 4.69) is 4.74 Å². The zero-order valence-electron chi connectivity index (χ0n) is 8.17. The third kappa shape index (κ3) is 5.97. The van der Waals surface area contributed by atoms with E-state index >= 15 is 0 Å². The van der Waals surface area contributed by atoms with E-state index < -0.39 is 17.5 Å². The Morgan fingerprint density at radius 3 is 1.83 bits per heavy atom. The van der Waals surface area contributed by atoms with Gasteiger partial charge >= 0.3 is 6.16 Å². The molecule has 0 aromatic rings. The number of hydrogen-bond acceptors (Lipinski definition) is 3. The lowest BCUT2D eigenvalue weighted by molar-refractivity contribution is -0.234. The van der Waals surface area contributed by atoms with E-state index in [1.807, 2.05) is 20.8 Å². The molecule has 0 saturated carbocycles. The summed E-state index contributed by atoms with van der Waals surface area (Å²) in [5.41, 5.74) is -0.418. The number of carbonyl (C=O) groups is 1. The minimum atomic E-state index is -1.33. The molecule has 0 aromatic carbocycles. The lowest BCUT2D eigenvalue weighted by Crippen LogP contribution is -2.38. The van der Waals surface area contributed by atoms with E-state index in [1.54, 1.807) is 13.8 Å². The van der Waals surface area contributed by atoms with Crippen molar-refractivity contribution in [1.82, 2.24) is 0 Å². The van der Waals surface area contributed by atoms with Gasteiger partial charge in [-0.05, 0) is 20.8 Å². The first kappa shape index (κ1) is 11.2. The van der Waals surface area contributed by atoms with Crippen LogP contribution >= 0.6 is 0 Å². The minimum Gasteiger partial charge on any atom is -0.450 e. The molecule has 4 heteroatoms. The number of rotatable bonds is 2. The quantitative estimate of drug-likeness (QED) is 0.517. The molecule has 0 amide bonds. The van der Waals surface area contributed by atoms with Crippen LogP contribution in [0.25, 0.3) is 0 Å². The summed E-state index contributed by atoms with van der Waals surface area (Å²) in [6, 6.07) is 0. The molecule has 0 aliphatic heterocycles. The second kappa shape index (κ2) is 3.31. The molecule has 0 fully saturated rings. The summed E-state index contributed by atoms with van der Waals surface area (Å²) in [6.45, 7) is 8.62. The summed E-state index contributed by atoms with van der Waals surface area (Å²) in [7, 11) is 0. The summed E-state index contributed by atoms with van der Waals surface area (Å²) in [6.07, 6.45) is -1.33. The van der Waals surface area contributed by atoms with Crippen molar-refractivity contribution in [2.45, 2.75) is 46.0 Å². The molecular formula is C8H16O4. The predicted molar refractivity (Wildman–Crippen MR) is 44.0 cm³/mol. The summed E-state index contributed by atoms with van der Waals surface area (Å²) >= 11 is 0. The largest absolute Gasteiger partial charge is 0.508 e. The fraction of sp³-hybridized carbons (Fsp3) is 0.875. The molecule has 1 N–H and O–H groups in total. The molecule has 0 saturated heterocycles. The lowest BCUT2D eigenvalue weighted by atomic mass is 10.2. The molecule has 0 aliphatic carbocycles. The standard InChI is InChI=1S/C8H16O4/c1-7(2,3)12-8(4,5)11-6(9)10/h1-5H3,(H,9,10). The van der Waals surface area contributed by atoms with Gasteiger partial charge in [-0.1, -0.05) is 0 Å². The normalized spacial score (nSPS) is 12.8. The first-order valence-electron chi connectivity index (χ1n) is 3.74. The second-order valence-electron chi connectivity index (χ2n) is 3.98. The lowest BCUT2D eigenvalue weighted by Gasteiger charge is -2.31. The average Bonchev–Trinajstić information content (AvgIpc) is 1.48. The molecule has 0 atom stereocenters. The molecule has 0 unspecified atom stereocenters. The van der Waals surface area contributed by atoms with Crippen LogP contribution in [0.3, 0.4) is 0 Å². The van der Waals surface area contributed by atoms with Gasteiger partial charge in [0.15, 0.2) is 0 Å². The van der Waals surface area contributed by atoms with Crippen LogP contribution in [-0.4, -0.2) is 22.7 Å². The zero-order chi connectivity index (χ0) is 9.99. The third-order valence-corrected chi connectivity index (χ3v) is 0.885. The van der Waals surface area contributed by atoms with Gasteiger partial charge in [0.1, 0.15) is 0 Å². The Hall–Kier alpha value is -0.770. The van der Waals surface area contributed by atoms with Crippen molar-refractivity contribution in [3.8, 4) is 0 Å². The summed E-state index contributed by atoms with van der Waals surface area (Å²) in [4.78, 5) is 10.2. The van der Waals surface area contributed by atoms with Crippen molar-refractivity contribution in [2.24, 2.45) is 0 Å². The van der Waals surface area contributed by atoms with Gasteiger partial charge in [0.05, 0.1) is 5.60 Å². The molecule has 12 heavy (non-hydrogen) atoms. The van der Waals surface area contributed by atoms with Gasteiger partial charge in [-0.2, -0.15) is 0 Å².